The Balaban J connectivity index is 2.22. The molecule has 1 aliphatic carbocycles. The monoisotopic (exact) mass is 279 g/mol. The van der Waals surface area contributed by atoms with Crippen molar-refractivity contribution < 1.29 is 9.60 Å². The number of rotatable bonds is 5. The largest absolute Gasteiger partial charge is 0.409 e. The first-order valence-electron chi connectivity index (χ1n) is 7.16. The van der Waals surface area contributed by atoms with E-state index in [1.54, 1.807) is 6.07 Å². The van der Waals surface area contributed by atoms with Crippen LogP contribution < -0.4 is 5.73 Å². The fraction of sp³-hybridized carbons (Fsp3) is 0.533. The fourth-order valence-corrected chi connectivity index (χ4v) is 2.97. The quantitative estimate of drug-likeness (QED) is 0.377. The molecule has 0 aliphatic heterocycles. The van der Waals surface area contributed by atoms with Gasteiger partial charge >= 0.3 is 0 Å². The lowest BCUT2D eigenvalue weighted by molar-refractivity contribution is 0.200. The van der Waals surface area contributed by atoms with Crippen molar-refractivity contribution in [3.63, 3.8) is 0 Å². The number of hydrogen-bond acceptors (Lipinski definition) is 3. The van der Waals surface area contributed by atoms with Gasteiger partial charge in [-0.2, -0.15) is 0 Å². The van der Waals surface area contributed by atoms with Crippen LogP contribution in [0.4, 0.5) is 4.39 Å². The Labute approximate surface area is 119 Å². The SMILES string of the molecule is CCN(Cc1ccc(F)cc1C(N)=NO)C1CCCC1. The standard InChI is InChI=1S/C15H22FN3O/c1-2-19(13-5-3-4-6-13)10-11-7-8-12(16)9-14(11)15(17)18-20/h7-9,13,20H,2-6,10H2,1H3,(H2,17,18). The molecule has 5 heteroatoms. The molecule has 0 saturated heterocycles. The van der Waals surface area contributed by atoms with Gasteiger partial charge in [0.05, 0.1) is 0 Å². The molecular weight excluding hydrogens is 257 g/mol. The Bertz CT molecular complexity index is 484. The summed E-state index contributed by atoms with van der Waals surface area (Å²) in [4.78, 5) is 2.38. The van der Waals surface area contributed by atoms with Crippen molar-refractivity contribution in [1.82, 2.24) is 4.90 Å². The summed E-state index contributed by atoms with van der Waals surface area (Å²) < 4.78 is 13.4. The first-order chi connectivity index (χ1) is 9.65. The Morgan fingerprint density at radius 2 is 2.15 bits per heavy atom. The zero-order chi connectivity index (χ0) is 14.5. The van der Waals surface area contributed by atoms with E-state index in [0.29, 0.717) is 18.2 Å². The van der Waals surface area contributed by atoms with Crippen LogP contribution in [0, 0.1) is 5.82 Å². The van der Waals surface area contributed by atoms with Crippen molar-refractivity contribution in [2.75, 3.05) is 6.54 Å². The van der Waals surface area contributed by atoms with Crippen molar-refractivity contribution >= 4 is 5.84 Å². The molecule has 0 amide bonds. The van der Waals surface area contributed by atoms with Crippen molar-refractivity contribution in [3.8, 4) is 0 Å². The van der Waals surface area contributed by atoms with Gasteiger partial charge in [-0.15, -0.1) is 0 Å². The van der Waals surface area contributed by atoms with Crippen LogP contribution >= 0.6 is 0 Å². The number of nitrogens with two attached hydrogens (primary N) is 1. The average molecular weight is 279 g/mol. The number of nitrogens with zero attached hydrogens (tertiary/aromatic N) is 2. The summed E-state index contributed by atoms with van der Waals surface area (Å²) in [5.41, 5.74) is 7.02. The summed E-state index contributed by atoms with van der Waals surface area (Å²) in [6.07, 6.45) is 4.98. The van der Waals surface area contributed by atoms with Crippen LogP contribution in [0.2, 0.25) is 0 Å². The van der Waals surface area contributed by atoms with Gasteiger partial charge in [0.25, 0.3) is 0 Å². The molecule has 0 radical (unpaired) electrons. The van der Waals surface area contributed by atoms with Gasteiger partial charge in [-0.25, -0.2) is 4.39 Å². The molecule has 0 atom stereocenters. The minimum atomic E-state index is -0.376. The van der Waals surface area contributed by atoms with E-state index in [1.807, 2.05) is 0 Å². The molecule has 110 valence electrons. The van der Waals surface area contributed by atoms with E-state index in [-0.39, 0.29) is 11.7 Å². The van der Waals surface area contributed by atoms with E-state index in [1.165, 1.54) is 37.8 Å². The van der Waals surface area contributed by atoms with Crippen LogP contribution in [-0.4, -0.2) is 28.5 Å². The van der Waals surface area contributed by atoms with Crippen molar-refractivity contribution in [2.24, 2.45) is 10.9 Å². The van der Waals surface area contributed by atoms with E-state index in [4.69, 9.17) is 10.9 Å². The summed E-state index contributed by atoms with van der Waals surface area (Å²) in [6.45, 7) is 3.77. The second-order valence-corrected chi connectivity index (χ2v) is 5.29. The lowest BCUT2D eigenvalue weighted by Gasteiger charge is -2.28. The third-order valence-corrected chi connectivity index (χ3v) is 4.08. The summed E-state index contributed by atoms with van der Waals surface area (Å²) >= 11 is 0. The van der Waals surface area contributed by atoms with Gasteiger partial charge in [-0.1, -0.05) is 31.0 Å². The second-order valence-electron chi connectivity index (χ2n) is 5.29. The van der Waals surface area contributed by atoms with E-state index >= 15 is 0 Å². The highest BCUT2D eigenvalue weighted by molar-refractivity contribution is 5.98. The van der Waals surface area contributed by atoms with Gasteiger partial charge in [-0.3, -0.25) is 4.90 Å². The molecule has 1 aromatic rings. The molecular formula is C15H22FN3O. The van der Waals surface area contributed by atoms with Gasteiger partial charge < -0.3 is 10.9 Å². The fourth-order valence-electron chi connectivity index (χ4n) is 2.97. The molecule has 1 aliphatic rings. The minimum absolute atomic E-state index is 0.0398. The smallest absolute Gasteiger partial charge is 0.170 e. The first-order valence-corrected chi connectivity index (χ1v) is 7.16. The zero-order valence-electron chi connectivity index (χ0n) is 11.8. The number of hydrogen-bond donors (Lipinski definition) is 2. The molecule has 0 unspecified atom stereocenters. The van der Waals surface area contributed by atoms with Crippen LogP contribution in [0.1, 0.15) is 43.7 Å². The normalized spacial score (nSPS) is 17.1. The van der Waals surface area contributed by atoms with E-state index in [9.17, 15) is 4.39 Å². The molecule has 0 bridgehead atoms. The predicted molar refractivity (Wildman–Crippen MR) is 77.3 cm³/mol. The molecule has 0 spiro atoms. The maximum absolute atomic E-state index is 13.4. The predicted octanol–water partition coefficient (Wildman–Crippen LogP) is 2.68. The molecule has 2 rings (SSSR count). The molecule has 20 heavy (non-hydrogen) atoms. The van der Waals surface area contributed by atoms with Crippen LogP contribution in [0.15, 0.2) is 23.4 Å². The Hall–Kier alpha value is -1.62. The van der Waals surface area contributed by atoms with Crippen LogP contribution in [-0.2, 0) is 6.54 Å². The maximum Gasteiger partial charge on any atom is 0.170 e. The summed E-state index contributed by atoms with van der Waals surface area (Å²) in [5.74, 6) is -0.416. The van der Waals surface area contributed by atoms with Crippen LogP contribution in [0.5, 0.6) is 0 Å². The highest BCUT2D eigenvalue weighted by atomic mass is 19.1. The molecule has 4 nitrogen and oxygen atoms in total. The van der Waals surface area contributed by atoms with Gasteiger partial charge in [0.2, 0.25) is 0 Å². The molecule has 1 aromatic carbocycles. The summed E-state index contributed by atoms with van der Waals surface area (Å²) in [7, 11) is 0. The highest BCUT2D eigenvalue weighted by Gasteiger charge is 2.22. The molecule has 0 heterocycles. The molecule has 1 fully saturated rings. The van der Waals surface area contributed by atoms with E-state index in [0.717, 1.165) is 12.1 Å². The van der Waals surface area contributed by atoms with Gasteiger partial charge in [-0.05, 0) is 37.1 Å². The van der Waals surface area contributed by atoms with E-state index < -0.39 is 0 Å². The van der Waals surface area contributed by atoms with Crippen molar-refractivity contribution in [2.45, 2.75) is 45.2 Å². The average Bonchev–Trinajstić information content (AvgIpc) is 2.99. The van der Waals surface area contributed by atoms with Gasteiger partial charge in [0.15, 0.2) is 5.84 Å². The highest BCUT2D eigenvalue weighted by Crippen LogP contribution is 2.25. The Morgan fingerprint density at radius 3 is 2.75 bits per heavy atom. The lowest BCUT2D eigenvalue weighted by atomic mass is 10.0. The molecule has 3 N–H and O–H groups in total. The maximum atomic E-state index is 13.4. The number of amidine groups is 1. The topological polar surface area (TPSA) is 61.8 Å². The Morgan fingerprint density at radius 1 is 1.45 bits per heavy atom. The third-order valence-electron chi connectivity index (χ3n) is 4.08. The van der Waals surface area contributed by atoms with Gasteiger partial charge in [0, 0.05) is 18.2 Å². The Kier molecular flexibility index (Phi) is 4.95. The van der Waals surface area contributed by atoms with Crippen LogP contribution in [0.3, 0.4) is 0 Å². The van der Waals surface area contributed by atoms with E-state index in [2.05, 4.69) is 17.0 Å². The minimum Gasteiger partial charge on any atom is -0.409 e. The zero-order valence-corrected chi connectivity index (χ0v) is 11.8. The number of halogens is 1. The van der Waals surface area contributed by atoms with Gasteiger partial charge in [0.1, 0.15) is 5.82 Å². The molecule has 0 aromatic heterocycles. The van der Waals surface area contributed by atoms with Crippen molar-refractivity contribution in [1.29, 1.82) is 0 Å². The summed E-state index contributed by atoms with van der Waals surface area (Å²) in [6, 6.07) is 5.06. The number of oxime groups is 1. The summed E-state index contributed by atoms with van der Waals surface area (Å²) in [5, 5.41) is 11.8. The third kappa shape index (κ3) is 3.28. The first kappa shape index (κ1) is 14.8. The lowest BCUT2D eigenvalue weighted by Crippen LogP contribution is -2.33. The second kappa shape index (κ2) is 6.70. The molecule has 1 saturated carbocycles. The van der Waals surface area contributed by atoms with Crippen LogP contribution in [0.25, 0.3) is 0 Å². The van der Waals surface area contributed by atoms with Crippen molar-refractivity contribution in [3.05, 3.63) is 35.1 Å². The number of benzene rings is 1.